The monoisotopic (exact) mass is 239 g/mol. The molecule has 1 atom stereocenters. The van der Waals surface area contributed by atoms with Crippen LogP contribution in [0.5, 0.6) is 5.75 Å². The van der Waals surface area contributed by atoms with E-state index in [1.54, 1.807) is 0 Å². The van der Waals surface area contributed by atoms with Gasteiger partial charge in [0.2, 0.25) is 0 Å². The van der Waals surface area contributed by atoms with E-state index in [0.29, 0.717) is 5.56 Å². The molecule has 1 heterocycles. The standard InChI is InChI=1S/C12H14FNO3/c1-12(2)6-17-11(16)14-10(12)8-4-3-7(15)5-9(8)13/h3-5,10,15H,6H2,1-2H3,(H,14,16)/t10-/m0/s1. The number of cyclic esters (lactones) is 1. The first-order chi connectivity index (χ1) is 7.90. The highest BCUT2D eigenvalue weighted by atomic mass is 19.1. The number of hydrogen-bond donors (Lipinski definition) is 2. The zero-order valence-corrected chi connectivity index (χ0v) is 9.66. The molecular weight excluding hydrogens is 225 g/mol. The number of benzene rings is 1. The highest BCUT2D eigenvalue weighted by molar-refractivity contribution is 5.69. The van der Waals surface area contributed by atoms with E-state index in [1.807, 2.05) is 13.8 Å². The molecule has 1 aliphatic rings. The number of phenolic OH excluding ortho intramolecular Hbond substituents is 1. The first-order valence-electron chi connectivity index (χ1n) is 5.32. The molecule has 1 fully saturated rings. The molecule has 1 aromatic rings. The maximum Gasteiger partial charge on any atom is 0.407 e. The lowest BCUT2D eigenvalue weighted by Gasteiger charge is -2.38. The van der Waals surface area contributed by atoms with Crippen LogP contribution in [0.3, 0.4) is 0 Å². The fourth-order valence-corrected chi connectivity index (χ4v) is 1.94. The first-order valence-corrected chi connectivity index (χ1v) is 5.32. The van der Waals surface area contributed by atoms with Gasteiger partial charge in [0.25, 0.3) is 0 Å². The van der Waals surface area contributed by atoms with Crippen molar-refractivity contribution < 1.29 is 19.0 Å². The first kappa shape index (κ1) is 11.7. The van der Waals surface area contributed by atoms with Crippen LogP contribution in [0.25, 0.3) is 0 Å². The number of ether oxygens (including phenoxy) is 1. The molecule has 4 nitrogen and oxygen atoms in total. The second-order valence-electron chi connectivity index (χ2n) is 4.85. The predicted molar refractivity (Wildman–Crippen MR) is 59.1 cm³/mol. The Balaban J connectivity index is 2.39. The van der Waals surface area contributed by atoms with E-state index in [-0.39, 0.29) is 12.4 Å². The lowest BCUT2D eigenvalue weighted by molar-refractivity contribution is 0.0377. The third kappa shape index (κ3) is 2.18. The lowest BCUT2D eigenvalue weighted by atomic mass is 9.80. The van der Waals surface area contributed by atoms with Crippen molar-refractivity contribution in [2.75, 3.05) is 6.61 Å². The fraction of sp³-hybridized carbons (Fsp3) is 0.417. The molecule has 0 unspecified atom stereocenters. The molecule has 17 heavy (non-hydrogen) atoms. The minimum absolute atomic E-state index is 0.137. The second kappa shape index (κ2) is 3.91. The maximum absolute atomic E-state index is 13.8. The highest BCUT2D eigenvalue weighted by Crippen LogP contribution is 2.37. The molecular formula is C12H14FNO3. The van der Waals surface area contributed by atoms with Gasteiger partial charge in [-0.1, -0.05) is 19.9 Å². The average Bonchev–Trinajstić information content (AvgIpc) is 2.23. The second-order valence-corrected chi connectivity index (χ2v) is 4.85. The van der Waals surface area contributed by atoms with E-state index in [4.69, 9.17) is 9.84 Å². The van der Waals surface area contributed by atoms with Crippen molar-refractivity contribution >= 4 is 6.09 Å². The molecule has 1 saturated heterocycles. The number of halogens is 1. The summed E-state index contributed by atoms with van der Waals surface area (Å²) in [5.74, 6) is -0.673. The van der Waals surface area contributed by atoms with E-state index in [0.717, 1.165) is 6.07 Å². The summed E-state index contributed by atoms with van der Waals surface area (Å²) in [5, 5.41) is 11.8. The summed E-state index contributed by atoms with van der Waals surface area (Å²) < 4.78 is 18.6. The van der Waals surface area contributed by atoms with Gasteiger partial charge in [0.15, 0.2) is 0 Å². The zero-order valence-electron chi connectivity index (χ0n) is 9.66. The van der Waals surface area contributed by atoms with Crippen molar-refractivity contribution in [2.24, 2.45) is 5.41 Å². The smallest absolute Gasteiger partial charge is 0.407 e. The number of aromatic hydroxyl groups is 1. The number of hydrogen-bond acceptors (Lipinski definition) is 3. The predicted octanol–water partition coefficient (Wildman–Crippen LogP) is 2.34. The molecule has 0 aromatic heterocycles. The van der Waals surface area contributed by atoms with Crippen molar-refractivity contribution in [2.45, 2.75) is 19.9 Å². The molecule has 5 heteroatoms. The molecule has 0 saturated carbocycles. The number of phenols is 1. The van der Waals surface area contributed by atoms with Crippen LogP contribution in [0.2, 0.25) is 0 Å². The number of alkyl carbamates (subject to hydrolysis) is 1. The van der Waals surface area contributed by atoms with Crippen molar-refractivity contribution in [1.82, 2.24) is 5.32 Å². The Bertz CT molecular complexity index is 459. The van der Waals surface area contributed by atoms with Gasteiger partial charge < -0.3 is 15.2 Å². The van der Waals surface area contributed by atoms with Gasteiger partial charge in [0, 0.05) is 17.0 Å². The van der Waals surface area contributed by atoms with E-state index >= 15 is 0 Å². The van der Waals surface area contributed by atoms with Crippen LogP contribution < -0.4 is 5.32 Å². The summed E-state index contributed by atoms with van der Waals surface area (Å²) in [6, 6.07) is 3.44. The zero-order chi connectivity index (χ0) is 12.6. The van der Waals surface area contributed by atoms with Crippen molar-refractivity contribution in [3.8, 4) is 5.75 Å². The molecule has 92 valence electrons. The van der Waals surface area contributed by atoms with Gasteiger partial charge in [0.05, 0.1) is 6.04 Å². The molecule has 0 aliphatic carbocycles. The van der Waals surface area contributed by atoms with Crippen molar-refractivity contribution in [3.63, 3.8) is 0 Å². The van der Waals surface area contributed by atoms with Crippen LogP contribution in [-0.4, -0.2) is 17.8 Å². The maximum atomic E-state index is 13.8. The van der Waals surface area contributed by atoms with Crippen LogP contribution in [0.15, 0.2) is 18.2 Å². The summed E-state index contributed by atoms with van der Waals surface area (Å²) in [6.45, 7) is 3.98. The molecule has 0 spiro atoms. The third-order valence-corrected chi connectivity index (χ3v) is 2.91. The van der Waals surface area contributed by atoms with Gasteiger partial charge in [-0.05, 0) is 6.07 Å². The fourth-order valence-electron chi connectivity index (χ4n) is 1.94. The molecule has 1 amide bonds. The quantitative estimate of drug-likeness (QED) is 0.790. The Labute approximate surface area is 98.4 Å². The lowest BCUT2D eigenvalue weighted by Crippen LogP contribution is -2.47. The summed E-state index contributed by atoms with van der Waals surface area (Å²) in [7, 11) is 0. The Morgan fingerprint density at radius 3 is 2.88 bits per heavy atom. The van der Waals surface area contributed by atoms with Crippen LogP contribution >= 0.6 is 0 Å². The van der Waals surface area contributed by atoms with Gasteiger partial charge in [0.1, 0.15) is 18.2 Å². The van der Waals surface area contributed by atoms with Gasteiger partial charge in [-0.15, -0.1) is 0 Å². The summed E-state index contributed by atoms with van der Waals surface area (Å²) >= 11 is 0. The molecule has 1 aliphatic heterocycles. The van der Waals surface area contributed by atoms with E-state index in [9.17, 15) is 9.18 Å². The third-order valence-electron chi connectivity index (χ3n) is 2.91. The van der Waals surface area contributed by atoms with Gasteiger partial charge in [-0.25, -0.2) is 9.18 Å². The summed E-state index contributed by atoms with van der Waals surface area (Å²) in [5.41, 5.74) is -0.0596. The number of carbonyl (C=O) groups excluding carboxylic acids is 1. The Hall–Kier alpha value is -1.78. The minimum Gasteiger partial charge on any atom is -0.508 e. The van der Waals surface area contributed by atoms with E-state index < -0.39 is 23.4 Å². The van der Waals surface area contributed by atoms with Gasteiger partial charge in [-0.3, -0.25) is 0 Å². The Morgan fingerprint density at radius 2 is 2.24 bits per heavy atom. The average molecular weight is 239 g/mol. The molecule has 2 N–H and O–H groups in total. The van der Waals surface area contributed by atoms with Gasteiger partial charge >= 0.3 is 6.09 Å². The van der Waals surface area contributed by atoms with E-state index in [2.05, 4.69) is 5.32 Å². The van der Waals surface area contributed by atoms with Crippen molar-refractivity contribution in [1.29, 1.82) is 0 Å². The van der Waals surface area contributed by atoms with Gasteiger partial charge in [-0.2, -0.15) is 0 Å². The molecule has 0 radical (unpaired) electrons. The van der Waals surface area contributed by atoms with Crippen LogP contribution in [0.1, 0.15) is 25.5 Å². The number of amides is 1. The normalized spacial score (nSPS) is 22.8. The topological polar surface area (TPSA) is 58.6 Å². The molecule has 1 aromatic carbocycles. The number of carbonyl (C=O) groups is 1. The van der Waals surface area contributed by atoms with Crippen molar-refractivity contribution in [3.05, 3.63) is 29.6 Å². The largest absolute Gasteiger partial charge is 0.508 e. The summed E-state index contributed by atoms with van der Waals surface area (Å²) in [4.78, 5) is 11.2. The Kier molecular flexibility index (Phi) is 2.69. The van der Waals surface area contributed by atoms with E-state index in [1.165, 1.54) is 12.1 Å². The van der Waals surface area contributed by atoms with Crippen LogP contribution in [0, 0.1) is 11.2 Å². The number of nitrogens with one attached hydrogen (secondary N) is 1. The van der Waals surface area contributed by atoms with Crippen LogP contribution in [-0.2, 0) is 4.74 Å². The SMILES string of the molecule is CC1(C)COC(=O)N[C@H]1c1ccc(O)cc1F. The van der Waals surface area contributed by atoms with Crippen LogP contribution in [0.4, 0.5) is 9.18 Å². The highest BCUT2D eigenvalue weighted by Gasteiger charge is 2.39. The molecule has 2 rings (SSSR count). The summed E-state index contributed by atoms with van der Waals surface area (Å²) in [6.07, 6.45) is -0.554. The Morgan fingerprint density at radius 1 is 1.53 bits per heavy atom. The number of rotatable bonds is 1. The minimum atomic E-state index is -0.554. The molecule has 0 bridgehead atoms.